The van der Waals surface area contributed by atoms with Gasteiger partial charge in [0.25, 0.3) is 0 Å². The second kappa shape index (κ2) is 8.91. The van der Waals surface area contributed by atoms with Crippen LogP contribution in [-0.2, 0) is 12.7 Å². The van der Waals surface area contributed by atoms with Crippen LogP contribution < -0.4 is 15.4 Å². The summed E-state index contributed by atoms with van der Waals surface area (Å²) >= 11 is 0. The largest absolute Gasteiger partial charge is 0.475 e. The number of nitrogens with one attached hydrogen (secondary N) is 2. The smallest absolute Gasteiger partial charge is 0.421 e. The molecule has 2 N–H and O–H groups in total. The minimum Gasteiger partial charge on any atom is -0.475 e. The number of hydrogen-bond acceptors (Lipinski definition) is 3. The minimum atomic E-state index is -4.50. The van der Waals surface area contributed by atoms with Crippen LogP contribution in [0.3, 0.4) is 0 Å². The number of rotatable bonds is 6. The van der Waals surface area contributed by atoms with Crippen LogP contribution in [0.15, 0.2) is 53.7 Å². The van der Waals surface area contributed by atoms with Crippen LogP contribution in [0.1, 0.15) is 11.1 Å². The Balaban J connectivity index is 1.78. The Morgan fingerprint density at radius 1 is 1.12 bits per heavy atom. The molecule has 1 aromatic heterocycles. The van der Waals surface area contributed by atoms with Crippen molar-refractivity contribution in [1.29, 1.82) is 0 Å². The van der Waals surface area contributed by atoms with Gasteiger partial charge in [-0.25, -0.2) is 4.98 Å². The van der Waals surface area contributed by atoms with Gasteiger partial charge in [0.05, 0.1) is 6.54 Å². The fourth-order valence-corrected chi connectivity index (χ4v) is 2.04. The number of aliphatic imine (C=N–C) groups is 1. The third-order valence-corrected chi connectivity index (χ3v) is 3.24. The number of aromatic nitrogens is 1. The van der Waals surface area contributed by atoms with Crippen molar-refractivity contribution in [3.63, 3.8) is 0 Å². The standard InChI is InChI=1S/C17H19F3N4O/c1-21-16(24-12-13-6-3-2-4-7-13)23-10-11-25-15-14(17(18,19)20)8-5-9-22-15/h2-9H,10-12H2,1H3,(H2,21,23,24). The number of guanidine groups is 1. The monoisotopic (exact) mass is 352 g/mol. The highest BCUT2D eigenvalue weighted by atomic mass is 19.4. The van der Waals surface area contributed by atoms with Crippen LogP contribution in [0, 0.1) is 0 Å². The summed E-state index contributed by atoms with van der Waals surface area (Å²) in [7, 11) is 1.61. The lowest BCUT2D eigenvalue weighted by atomic mass is 10.2. The molecule has 0 saturated heterocycles. The number of ether oxygens (including phenoxy) is 1. The second-order valence-electron chi connectivity index (χ2n) is 5.04. The summed E-state index contributed by atoms with van der Waals surface area (Å²) in [5.74, 6) is 0.105. The van der Waals surface area contributed by atoms with Crippen molar-refractivity contribution in [3.05, 3.63) is 59.8 Å². The van der Waals surface area contributed by atoms with Gasteiger partial charge in [0, 0.05) is 19.8 Å². The molecule has 1 aromatic carbocycles. The molecule has 134 valence electrons. The Morgan fingerprint density at radius 3 is 2.56 bits per heavy atom. The summed E-state index contributed by atoms with van der Waals surface area (Å²) in [5.41, 5.74) is 0.201. The van der Waals surface area contributed by atoms with E-state index in [-0.39, 0.29) is 13.2 Å². The second-order valence-corrected chi connectivity index (χ2v) is 5.04. The van der Waals surface area contributed by atoms with Crippen molar-refractivity contribution < 1.29 is 17.9 Å². The van der Waals surface area contributed by atoms with Crippen LogP contribution in [0.5, 0.6) is 5.88 Å². The normalized spacial score (nSPS) is 11.9. The molecule has 0 aliphatic rings. The van der Waals surface area contributed by atoms with Gasteiger partial charge in [-0.1, -0.05) is 30.3 Å². The number of hydrogen-bond donors (Lipinski definition) is 2. The molecule has 8 heteroatoms. The van der Waals surface area contributed by atoms with E-state index < -0.39 is 17.6 Å². The van der Waals surface area contributed by atoms with E-state index in [4.69, 9.17) is 4.74 Å². The van der Waals surface area contributed by atoms with Crippen molar-refractivity contribution in [1.82, 2.24) is 15.6 Å². The van der Waals surface area contributed by atoms with Gasteiger partial charge in [0.15, 0.2) is 5.96 Å². The first kappa shape index (κ1) is 18.6. The topological polar surface area (TPSA) is 58.5 Å². The molecular weight excluding hydrogens is 333 g/mol. The molecule has 25 heavy (non-hydrogen) atoms. The van der Waals surface area contributed by atoms with Crippen molar-refractivity contribution in [2.45, 2.75) is 12.7 Å². The number of pyridine rings is 1. The third-order valence-electron chi connectivity index (χ3n) is 3.24. The van der Waals surface area contributed by atoms with E-state index in [1.807, 2.05) is 30.3 Å². The van der Waals surface area contributed by atoms with E-state index in [0.717, 1.165) is 11.6 Å². The summed E-state index contributed by atoms with van der Waals surface area (Å²) < 4.78 is 43.7. The van der Waals surface area contributed by atoms with Crippen LogP contribution >= 0.6 is 0 Å². The molecule has 0 aliphatic carbocycles. The average Bonchev–Trinajstić information content (AvgIpc) is 2.61. The number of alkyl halides is 3. The van der Waals surface area contributed by atoms with Gasteiger partial charge in [0.2, 0.25) is 5.88 Å². The highest BCUT2D eigenvalue weighted by Gasteiger charge is 2.34. The maximum Gasteiger partial charge on any atom is 0.421 e. The molecule has 1 heterocycles. The zero-order chi connectivity index (χ0) is 18.1. The van der Waals surface area contributed by atoms with Crippen molar-refractivity contribution >= 4 is 5.96 Å². The van der Waals surface area contributed by atoms with E-state index in [2.05, 4.69) is 20.6 Å². The summed E-state index contributed by atoms with van der Waals surface area (Å²) in [6, 6.07) is 11.9. The lowest BCUT2D eigenvalue weighted by molar-refractivity contribution is -0.139. The Morgan fingerprint density at radius 2 is 1.88 bits per heavy atom. The molecule has 0 amide bonds. The summed E-state index contributed by atoms with van der Waals surface area (Å²) in [6.07, 6.45) is -3.23. The van der Waals surface area contributed by atoms with Gasteiger partial charge in [0.1, 0.15) is 12.2 Å². The summed E-state index contributed by atoms with van der Waals surface area (Å²) in [6.45, 7) is 0.883. The van der Waals surface area contributed by atoms with E-state index in [9.17, 15) is 13.2 Å². The van der Waals surface area contributed by atoms with Crippen molar-refractivity contribution in [3.8, 4) is 5.88 Å². The molecule has 0 bridgehead atoms. The molecule has 0 spiro atoms. The maximum atomic E-state index is 12.8. The first-order chi connectivity index (χ1) is 12.0. The van der Waals surface area contributed by atoms with Gasteiger partial charge in [-0.15, -0.1) is 0 Å². The number of benzene rings is 1. The van der Waals surface area contributed by atoms with E-state index in [0.29, 0.717) is 12.5 Å². The minimum absolute atomic E-state index is 0.0200. The van der Waals surface area contributed by atoms with Gasteiger partial charge in [-0.05, 0) is 17.7 Å². The molecular formula is C17H19F3N4O. The molecule has 0 unspecified atom stereocenters. The Labute approximate surface area is 144 Å². The van der Waals surface area contributed by atoms with Gasteiger partial charge < -0.3 is 15.4 Å². The Kier molecular flexibility index (Phi) is 6.62. The molecule has 2 rings (SSSR count). The third kappa shape index (κ3) is 5.98. The van der Waals surface area contributed by atoms with E-state index >= 15 is 0 Å². The SMILES string of the molecule is CN=C(NCCOc1ncccc1C(F)(F)F)NCc1ccccc1. The summed E-state index contributed by atoms with van der Waals surface area (Å²) in [5, 5.41) is 6.08. The van der Waals surface area contributed by atoms with Crippen LogP contribution in [-0.4, -0.2) is 31.1 Å². The van der Waals surface area contributed by atoms with Crippen molar-refractivity contribution in [2.24, 2.45) is 4.99 Å². The predicted molar refractivity (Wildman–Crippen MR) is 89.4 cm³/mol. The van der Waals surface area contributed by atoms with Gasteiger partial charge >= 0.3 is 6.18 Å². The lowest BCUT2D eigenvalue weighted by Crippen LogP contribution is -2.39. The number of nitrogens with zero attached hydrogens (tertiary/aromatic N) is 2. The van der Waals surface area contributed by atoms with Crippen LogP contribution in [0.2, 0.25) is 0 Å². The molecule has 5 nitrogen and oxygen atoms in total. The highest BCUT2D eigenvalue weighted by Crippen LogP contribution is 2.34. The van der Waals surface area contributed by atoms with E-state index in [1.54, 1.807) is 7.05 Å². The Hall–Kier alpha value is -2.77. The van der Waals surface area contributed by atoms with Gasteiger partial charge in [-0.2, -0.15) is 13.2 Å². The van der Waals surface area contributed by atoms with E-state index in [1.165, 1.54) is 12.3 Å². The fraction of sp³-hybridized carbons (Fsp3) is 0.294. The molecule has 0 atom stereocenters. The predicted octanol–water partition coefficient (Wildman–Crippen LogP) is 2.84. The first-order valence-electron chi connectivity index (χ1n) is 7.64. The zero-order valence-electron chi connectivity index (χ0n) is 13.7. The maximum absolute atomic E-state index is 12.8. The quantitative estimate of drug-likeness (QED) is 0.477. The highest BCUT2D eigenvalue weighted by molar-refractivity contribution is 5.79. The van der Waals surface area contributed by atoms with Crippen molar-refractivity contribution in [2.75, 3.05) is 20.2 Å². The lowest BCUT2D eigenvalue weighted by Gasteiger charge is -2.14. The molecule has 2 aromatic rings. The number of halogens is 3. The molecule has 0 radical (unpaired) electrons. The molecule has 0 aliphatic heterocycles. The molecule has 0 fully saturated rings. The van der Waals surface area contributed by atoms with Gasteiger partial charge in [-0.3, -0.25) is 4.99 Å². The summed E-state index contributed by atoms with van der Waals surface area (Å²) in [4.78, 5) is 7.69. The average molecular weight is 352 g/mol. The molecule has 0 saturated carbocycles. The Bertz CT molecular complexity index is 690. The first-order valence-corrected chi connectivity index (χ1v) is 7.64. The fourth-order valence-electron chi connectivity index (χ4n) is 2.04. The van der Waals surface area contributed by atoms with Crippen LogP contribution in [0.25, 0.3) is 0 Å². The van der Waals surface area contributed by atoms with Crippen LogP contribution in [0.4, 0.5) is 13.2 Å². The zero-order valence-corrected chi connectivity index (χ0v) is 13.7.